The van der Waals surface area contributed by atoms with Crippen LogP contribution in [0.3, 0.4) is 0 Å². The Hall–Kier alpha value is -1.90. The van der Waals surface area contributed by atoms with Gasteiger partial charge in [0.2, 0.25) is 0 Å². The molecule has 0 amide bonds. The molecule has 0 fully saturated rings. The third kappa shape index (κ3) is 5.51. The Labute approximate surface area is 110 Å². The first kappa shape index (κ1) is 15.2. The van der Waals surface area contributed by atoms with Crippen molar-refractivity contribution in [2.45, 2.75) is 20.0 Å². The molecule has 1 N–H and O–H groups in total. The van der Waals surface area contributed by atoms with Crippen molar-refractivity contribution in [3.63, 3.8) is 0 Å². The van der Waals surface area contributed by atoms with Crippen molar-refractivity contribution < 1.29 is 17.9 Å². The molecule has 0 heterocycles. The van der Waals surface area contributed by atoms with Crippen LogP contribution in [0.2, 0.25) is 0 Å². The fourth-order valence-electron chi connectivity index (χ4n) is 1.33. The Morgan fingerprint density at radius 3 is 2.58 bits per heavy atom. The molecule has 0 aliphatic carbocycles. The first-order valence-electron chi connectivity index (χ1n) is 5.79. The average molecular weight is 272 g/mol. The number of hydrogen-bond acceptors (Lipinski definition) is 3. The van der Waals surface area contributed by atoms with Gasteiger partial charge in [-0.25, -0.2) is 0 Å². The van der Waals surface area contributed by atoms with Crippen molar-refractivity contribution in [2.24, 2.45) is 5.92 Å². The second-order valence-electron chi connectivity index (χ2n) is 4.50. The lowest BCUT2D eigenvalue weighted by Crippen LogP contribution is -2.19. The normalized spacial score (nSPS) is 11.2. The highest BCUT2D eigenvalue weighted by atomic mass is 19.4. The third-order valence-corrected chi connectivity index (χ3v) is 2.21. The van der Waals surface area contributed by atoms with Gasteiger partial charge in [-0.15, -0.1) is 0 Å². The van der Waals surface area contributed by atoms with E-state index in [9.17, 15) is 13.2 Å². The number of anilines is 1. The van der Waals surface area contributed by atoms with Crippen LogP contribution in [0.5, 0.6) is 5.75 Å². The van der Waals surface area contributed by atoms with Gasteiger partial charge >= 0.3 is 6.18 Å². The molecule has 1 rings (SSSR count). The summed E-state index contributed by atoms with van der Waals surface area (Å²) in [5.41, 5.74) is 0.766. The molecule has 0 saturated carbocycles. The maximum Gasteiger partial charge on any atom is 0.422 e. The number of alkyl halides is 3. The summed E-state index contributed by atoms with van der Waals surface area (Å²) < 4.78 is 40.7. The summed E-state index contributed by atoms with van der Waals surface area (Å²) in [6, 6.07) is 6.27. The van der Waals surface area contributed by atoms with E-state index >= 15 is 0 Å². The Morgan fingerprint density at radius 2 is 2.05 bits per heavy atom. The van der Waals surface area contributed by atoms with Gasteiger partial charge in [-0.05, 0) is 24.1 Å². The van der Waals surface area contributed by atoms with E-state index in [-0.39, 0.29) is 11.3 Å². The number of rotatable bonds is 5. The maximum atomic E-state index is 12.0. The Bertz CT molecular complexity index is 464. The van der Waals surface area contributed by atoms with Crippen LogP contribution < -0.4 is 10.1 Å². The van der Waals surface area contributed by atoms with Crippen LogP contribution in [0.25, 0.3) is 0 Å². The molecule has 0 spiro atoms. The van der Waals surface area contributed by atoms with E-state index in [1.807, 2.05) is 19.9 Å². The summed E-state index contributed by atoms with van der Waals surface area (Å²) in [4.78, 5) is 0. The Kier molecular flexibility index (Phi) is 5.04. The Morgan fingerprint density at radius 1 is 1.37 bits per heavy atom. The molecular weight excluding hydrogens is 257 g/mol. The van der Waals surface area contributed by atoms with Gasteiger partial charge in [0.15, 0.2) is 6.61 Å². The van der Waals surface area contributed by atoms with Crippen LogP contribution in [-0.4, -0.2) is 19.3 Å². The molecule has 0 saturated heterocycles. The molecule has 1 aromatic rings. The molecule has 6 heteroatoms. The molecule has 1 aromatic carbocycles. The lowest BCUT2D eigenvalue weighted by molar-refractivity contribution is -0.153. The van der Waals surface area contributed by atoms with Gasteiger partial charge in [-0.3, -0.25) is 0 Å². The van der Waals surface area contributed by atoms with Crippen molar-refractivity contribution in [3.05, 3.63) is 23.8 Å². The van der Waals surface area contributed by atoms with Crippen LogP contribution in [0.4, 0.5) is 18.9 Å². The number of nitrogens with one attached hydrogen (secondary N) is 1. The molecule has 0 radical (unpaired) electrons. The molecule has 0 aromatic heterocycles. The van der Waals surface area contributed by atoms with Gasteiger partial charge in [-0.2, -0.15) is 18.4 Å². The van der Waals surface area contributed by atoms with E-state index in [0.717, 1.165) is 0 Å². The average Bonchev–Trinajstić information content (AvgIpc) is 2.33. The molecule has 104 valence electrons. The van der Waals surface area contributed by atoms with Crippen molar-refractivity contribution in [1.29, 1.82) is 5.26 Å². The minimum atomic E-state index is -4.42. The highest BCUT2D eigenvalue weighted by molar-refractivity contribution is 5.55. The van der Waals surface area contributed by atoms with Gasteiger partial charge in [-0.1, -0.05) is 13.8 Å². The summed E-state index contributed by atoms with van der Waals surface area (Å²) in [6.07, 6.45) is -4.42. The first-order valence-corrected chi connectivity index (χ1v) is 5.79. The van der Waals surface area contributed by atoms with Crippen molar-refractivity contribution in [2.75, 3.05) is 18.5 Å². The molecular formula is C13H15F3N2O. The molecule has 0 unspecified atom stereocenters. The first-order chi connectivity index (χ1) is 8.81. The molecule has 0 atom stereocenters. The van der Waals surface area contributed by atoms with Gasteiger partial charge < -0.3 is 10.1 Å². The lowest BCUT2D eigenvalue weighted by Gasteiger charge is -2.13. The number of nitrogens with zero attached hydrogens (tertiary/aromatic N) is 1. The number of halogens is 3. The third-order valence-electron chi connectivity index (χ3n) is 2.21. The molecule has 19 heavy (non-hydrogen) atoms. The van der Waals surface area contributed by atoms with Crippen LogP contribution in [0, 0.1) is 17.2 Å². The molecule has 0 aliphatic heterocycles. The quantitative estimate of drug-likeness (QED) is 0.891. The second kappa shape index (κ2) is 6.32. The van der Waals surface area contributed by atoms with E-state index in [1.165, 1.54) is 12.1 Å². The monoisotopic (exact) mass is 272 g/mol. The zero-order valence-electron chi connectivity index (χ0n) is 10.7. The smallest absolute Gasteiger partial charge is 0.422 e. The largest absolute Gasteiger partial charge is 0.483 e. The van der Waals surface area contributed by atoms with E-state index in [0.29, 0.717) is 18.2 Å². The minimum absolute atomic E-state index is 0.0603. The van der Waals surface area contributed by atoms with Crippen LogP contribution in [0.1, 0.15) is 19.4 Å². The summed E-state index contributed by atoms with van der Waals surface area (Å²) in [5, 5.41) is 12.0. The molecule has 0 bridgehead atoms. The number of ether oxygens (including phenoxy) is 1. The zero-order valence-corrected chi connectivity index (χ0v) is 10.7. The van der Waals surface area contributed by atoms with Gasteiger partial charge in [0.25, 0.3) is 0 Å². The van der Waals surface area contributed by atoms with Crippen LogP contribution in [-0.2, 0) is 0 Å². The van der Waals surface area contributed by atoms with E-state index in [1.54, 1.807) is 6.07 Å². The van der Waals surface area contributed by atoms with Crippen LogP contribution in [0.15, 0.2) is 18.2 Å². The summed E-state index contributed by atoms with van der Waals surface area (Å²) in [5.74, 6) is 0.363. The van der Waals surface area contributed by atoms with Crippen molar-refractivity contribution in [3.8, 4) is 11.8 Å². The lowest BCUT2D eigenvalue weighted by atomic mass is 10.1. The van der Waals surface area contributed by atoms with E-state index in [4.69, 9.17) is 5.26 Å². The fraction of sp³-hybridized carbons (Fsp3) is 0.462. The zero-order chi connectivity index (χ0) is 14.5. The molecule has 3 nitrogen and oxygen atoms in total. The summed E-state index contributed by atoms with van der Waals surface area (Å²) >= 11 is 0. The number of benzene rings is 1. The summed E-state index contributed by atoms with van der Waals surface area (Å²) in [6.45, 7) is 3.37. The van der Waals surface area contributed by atoms with Gasteiger partial charge in [0.1, 0.15) is 11.8 Å². The van der Waals surface area contributed by atoms with Crippen molar-refractivity contribution >= 4 is 5.69 Å². The SMILES string of the molecule is CC(C)CNc1ccc(OCC(F)(F)F)c(C#N)c1. The molecule has 0 aliphatic rings. The van der Waals surface area contributed by atoms with Crippen molar-refractivity contribution in [1.82, 2.24) is 0 Å². The minimum Gasteiger partial charge on any atom is -0.483 e. The fourth-order valence-corrected chi connectivity index (χ4v) is 1.33. The highest BCUT2D eigenvalue weighted by Gasteiger charge is 2.28. The standard InChI is InChI=1S/C13H15F3N2O/c1-9(2)7-18-11-3-4-12(10(5-11)6-17)19-8-13(14,15)16/h3-5,9,18H,7-8H2,1-2H3. The highest BCUT2D eigenvalue weighted by Crippen LogP contribution is 2.24. The predicted octanol–water partition coefficient (Wildman–Crippen LogP) is 3.57. The van der Waals surface area contributed by atoms with E-state index < -0.39 is 12.8 Å². The topological polar surface area (TPSA) is 45.0 Å². The predicted molar refractivity (Wildman–Crippen MR) is 66.0 cm³/mol. The van der Waals surface area contributed by atoms with Gasteiger partial charge in [0, 0.05) is 12.2 Å². The maximum absolute atomic E-state index is 12.0. The number of nitriles is 1. The van der Waals surface area contributed by atoms with E-state index in [2.05, 4.69) is 10.1 Å². The second-order valence-corrected chi connectivity index (χ2v) is 4.50. The number of hydrogen-bond donors (Lipinski definition) is 1. The summed E-state index contributed by atoms with van der Waals surface area (Å²) in [7, 11) is 0. The van der Waals surface area contributed by atoms with Crippen LogP contribution >= 0.6 is 0 Å². The van der Waals surface area contributed by atoms with Gasteiger partial charge in [0.05, 0.1) is 5.56 Å². The Balaban J connectivity index is 2.77.